The lowest BCUT2D eigenvalue weighted by atomic mass is 9.98. The Hall–Kier alpha value is -0.290. The van der Waals surface area contributed by atoms with E-state index >= 15 is 0 Å². The fourth-order valence-corrected chi connectivity index (χ4v) is 2.87. The molecule has 0 spiro atoms. The minimum atomic E-state index is -4.03. The first-order chi connectivity index (χ1) is 6.96. The van der Waals surface area contributed by atoms with Crippen molar-refractivity contribution < 1.29 is 13.2 Å². The second kappa shape index (κ2) is 3.94. The van der Waals surface area contributed by atoms with Crippen LogP contribution < -0.4 is 5.73 Å². The maximum atomic E-state index is 12.0. The highest BCUT2D eigenvalue weighted by Crippen LogP contribution is 2.37. The largest absolute Gasteiger partial charge is 0.390 e. The molecule has 5 heteroatoms. The third-order valence-electron chi connectivity index (χ3n) is 3.70. The van der Waals surface area contributed by atoms with E-state index in [1.54, 1.807) is 0 Å². The normalized spacial score (nSPS) is 37.2. The summed E-state index contributed by atoms with van der Waals surface area (Å²) >= 11 is 0. The lowest BCUT2D eigenvalue weighted by molar-refractivity contribution is -0.137. The van der Waals surface area contributed by atoms with Crippen molar-refractivity contribution in [3.05, 3.63) is 0 Å². The van der Waals surface area contributed by atoms with Gasteiger partial charge in [-0.2, -0.15) is 13.2 Å². The molecule has 0 aromatic carbocycles. The highest BCUT2D eigenvalue weighted by molar-refractivity contribution is 4.95. The van der Waals surface area contributed by atoms with Crippen LogP contribution in [0.3, 0.4) is 0 Å². The standard InChI is InChI=1S/C10H17F3N2/c11-10(12,13)3-4-15-5-7-1-2-9(14)8(7)6-15/h7-9H,1-6,14H2. The van der Waals surface area contributed by atoms with E-state index in [0.29, 0.717) is 11.8 Å². The molecule has 0 aromatic heterocycles. The molecule has 0 amide bonds. The second-order valence-corrected chi connectivity index (χ2v) is 4.79. The zero-order chi connectivity index (χ0) is 11.1. The van der Waals surface area contributed by atoms with Crippen LogP contribution in [-0.4, -0.2) is 36.8 Å². The lowest BCUT2D eigenvalue weighted by Crippen LogP contribution is -2.31. The number of hydrogen-bond acceptors (Lipinski definition) is 2. The Balaban J connectivity index is 1.79. The van der Waals surface area contributed by atoms with Gasteiger partial charge in [-0.3, -0.25) is 0 Å². The van der Waals surface area contributed by atoms with Crippen molar-refractivity contribution in [1.29, 1.82) is 0 Å². The van der Waals surface area contributed by atoms with Crippen molar-refractivity contribution in [3.8, 4) is 0 Å². The van der Waals surface area contributed by atoms with Gasteiger partial charge in [0, 0.05) is 25.7 Å². The Bertz CT molecular complexity index is 229. The number of rotatable bonds is 2. The summed E-state index contributed by atoms with van der Waals surface area (Å²) in [5.41, 5.74) is 5.92. The molecule has 2 N–H and O–H groups in total. The van der Waals surface area contributed by atoms with Gasteiger partial charge in [-0.25, -0.2) is 0 Å². The number of alkyl halides is 3. The second-order valence-electron chi connectivity index (χ2n) is 4.79. The summed E-state index contributed by atoms with van der Waals surface area (Å²) in [5.74, 6) is 0.992. The number of hydrogen-bond donors (Lipinski definition) is 1. The third kappa shape index (κ3) is 2.64. The molecule has 1 heterocycles. The number of likely N-dealkylation sites (tertiary alicyclic amines) is 1. The summed E-state index contributed by atoms with van der Waals surface area (Å²) in [4.78, 5) is 1.92. The lowest BCUT2D eigenvalue weighted by Gasteiger charge is -2.18. The van der Waals surface area contributed by atoms with Gasteiger partial charge in [-0.15, -0.1) is 0 Å². The monoisotopic (exact) mass is 222 g/mol. The zero-order valence-electron chi connectivity index (χ0n) is 8.63. The highest BCUT2D eigenvalue weighted by Gasteiger charge is 2.41. The number of fused-ring (bicyclic) bond motifs is 1. The van der Waals surface area contributed by atoms with E-state index in [-0.39, 0.29) is 12.6 Å². The van der Waals surface area contributed by atoms with Gasteiger partial charge in [0.25, 0.3) is 0 Å². The smallest absolute Gasteiger partial charge is 0.327 e. The summed E-state index contributed by atoms with van der Waals surface area (Å²) in [5, 5.41) is 0. The molecule has 2 rings (SSSR count). The molecule has 2 aliphatic rings. The molecule has 0 bridgehead atoms. The van der Waals surface area contributed by atoms with E-state index in [1.165, 1.54) is 0 Å². The van der Waals surface area contributed by atoms with Gasteiger partial charge in [0.05, 0.1) is 6.42 Å². The van der Waals surface area contributed by atoms with Crippen molar-refractivity contribution >= 4 is 0 Å². The predicted molar refractivity (Wildman–Crippen MR) is 51.3 cm³/mol. The minimum absolute atomic E-state index is 0.142. The third-order valence-corrected chi connectivity index (χ3v) is 3.70. The van der Waals surface area contributed by atoms with Crippen molar-refractivity contribution in [2.24, 2.45) is 17.6 Å². The van der Waals surface area contributed by atoms with Gasteiger partial charge in [0.2, 0.25) is 0 Å². The van der Waals surface area contributed by atoms with Crippen LogP contribution in [0.4, 0.5) is 13.2 Å². The van der Waals surface area contributed by atoms with Gasteiger partial charge in [-0.05, 0) is 24.7 Å². The van der Waals surface area contributed by atoms with E-state index < -0.39 is 12.6 Å². The molecule has 1 saturated carbocycles. The Morgan fingerprint density at radius 3 is 2.53 bits per heavy atom. The number of halogens is 3. The number of nitrogens with two attached hydrogens (primary N) is 1. The van der Waals surface area contributed by atoms with Crippen molar-refractivity contribution in [2.75, 3.05) is 19.6 Å². The predicted octanol–water partition coefficient (Wildman–Crippen LogP) is 1.61. The van der Waals surface area contributed by atoms with Crippen LogP contribution in [0.2, 0.25) is 0 Å². The first-order valence-electron chi connectivity index (χ1n) is 5.50. The maximum Gasteiger partial charge on any atom is 0.390 e. The summed E-state index contributed by atoms with van der Waals surface area (Å²) in [6.45, 7) is 1.72. The van der Waals surface area contributed by atoms with Crippen LogP contribution in [0, 0.1) is 11.8 Å². The maximum absolute atomic E-state index is 12.0. The summed E-state index contributed by atoms with van der Waals surface area (Å²) < 4.78 is 36.1. The zero-order valence-corrected chi connectivity index (χ0v) is 8.63. The Kier molecular flexibility index (Phi) is 2.94. The average molecular weight is 222 g/mol. The van der Waals surface area contributed by atoms with E-state index in [0.717, 1.165) is 25.9 Å². The van der Waals surface area contributed by atoms with Crippen LogP contribution in [0.5, 0.6) is 0 Å². The molecule has 2 fully saturated rings. The molecule has 1 aliphatic heterocycles. The minimum Gasteiger partial charge on any atom is -0.327 e. The van der Waals surface area contributed by atoms with Gasteiger partial charge in [-0.1, -0.05) is 0 Å². The van der Waals surface area contributed by atoms with Crippen molar-refractivity contribution in [2.45, 2.75) is 31.5 Å². The first-order valence-corrected chi connectivity index (χ1v) is 5.50. The molecule has 2 nitrogen and oxygen atoms in total. The Labute approximate surface area is 87.6 Å². The first kappa shape index (κ1) is 11.2. The van der Waals surface area contributed by atoms with E-state index in [4.69, 9.17) is 5.73 Å². The highest BCUT2D eigenvalue weighted by atomic mass is 19.4. The molecule has 15 heavy (non-hydrogen) atoms. The Morgan fingerprint density at radius 1 is 1.20 bits per heavy atom. The molecule has 88 valence electrons. The fourth-order valence-electron chi connectivity index (χ4n) is 2.87. The molecule has 1 aliphatic carbocycles. The van der Waals surface area contributed by atoms with E-state index in [2.05, 4.69) is 0 Å². The van der Waals surface area contributed by atoms with Crippen molar-refractivity contribution in [3.63, 3.8) is 0 Å². The average Bonchev–Trinajstić information content (AvgIpc) is 2.64. The molecule has 0 aromatic rings. The fraction of sp³-hybridized carbons (Fsp3) is 1.00. The topological polar surface area (TPSA) is 29.3 Å². The van der Waals surface area contributed by atoms with Crippen LogP contribution in [0.15, 0.2) is 0 Å². The van der Waals surface area contributed by atoms with Crippen molar-refractivity contribution in [1.82, 2.24) is 4.90 Å². The van der Waals surface area contributed by atoms with Crippen LogP contribution in [-0.2, 0) is 0 Å². The quantitative estimate of drug-likeness (QED) is 0.769. The van der Waals surface area contributed by atoms with Gasteiger partial charge >= 0.3 is 6.18 Å². The van der Waals surface area contributed by atoms with Crippen LogP contribution in [0.1, 0.15) is 19.3 Å². The van der Waals surface area contributed by atoms with E-state index in [9.17, 15) is 13.2 Å². The molecule has 3 atom stereocenters. The van der Waals surface area contributed by atoms with Gasteiger partial charge < -0.3 is 10.6 Å². The summed E-state index contributed by atoms with van der Waals surface area (Å²) in [6, 6.07) is 0.214. The van der Waals surface area contributed by atoms with Gasteiger partial charge in [0.15, 0.2) is 0 Å². The molecule has 3 unspecified atom stereocenters. The van der Waals surface area contributed by atoms with Crippen LogP contribution in [0.25, 0.3) is 0 Å². The number of nitrogens with zero attached hydrogens (tertiary/aromatic N) is 1. The molecular formula is C10H17F3N2. The molecular weight excluding hydrogens is 205 g/mol. The molecule has 0 radical (unpaired) electrons. The van der Waals surface area contributed by atoms with E-state index in [1.807, 2.05) is 4.90 Å². The molecule has 1 saturated heterocycles. The summed E-state index contributed by atoms with van der Waals surface area (Å²) in [6.07, 6.45) is -2.59. The van der Waals surface area contributed by atoms with Gasteiger partial charge in [0.1, 0.15) is 0 Å². The Morgan fingerprint density at radius 2 is 1.93 bits per heavy atom. The van der Waals surface area contributed by atoms with Crippen LogP contribution >= 0.6 is 0 Å². The summed E-state index contributed by atoms with van der Waals surface area (Å²) in [7, 11) is 0. The SMILES string of the molecule is NC1CCC2CN(CCC(F)(F)F)CC12.